The van der Waals surface area contributed by atoms with Crippen molar-refractivity contribution in [2.75, 3.05) is 13.1 Å². The molecule has 1 aromatic heterocycles. The molecule has 1 atom stereocenters. The van der Waals surface area contributed by atoms with Crippen molar-refractivity contribution in [3.8, 4) is 0 Å². The molecule has 0 spiro atoms. The fourth-order valence-corrected chi connectivity index (χ4v) is 3.16. The molecule has 1 saturated heterocycles. The normalized spacial score (nSPS) is 24.0. The van der Waals surface area contributed by atoms with E-state index in [2.05, 4.69) is 32.3 Å². The van der Waals surface area contributed by atoms with Crippen LogP contribution in [0.4, 0.5) is 0 Å². The van der Waals surface area contributed by atoms with Gasteiger partial charge in [-0.2, -0.15) is 0 Å². The first-order chi connectivity index (χ1) is 6.24. The standard InChI is InChI=1S/C9H13BrN2S/c10-7-3-9(13-6-7)5-12-2-1-8(11)4-12/h3,6,8H,1-2,4-5,11H2/t8-/m0/s1. The SMILES string of the molecule is N[C@H]1CCN(Cc2cc(Br)cs2)C1. The first-order valence-electron chi connectivity index (χ1n) is 4.45. The molecule has 72 valence electrons. The third-order valence-electron chi connectivity index (χ3n) is 2.31. The minimum atomic E-state index is 0.392. The van der Waals surface area contributed by atoms with Gasteiger partial charge in [0.05, 0.1) is 0 Å². The Morgan fingerprint density at radius 2 is 2.54 bits per heavy atom. The second-order valence-corrected chi connectivity index (χ2v) is 5.43. The zero-order valence-corrected chi connectivity index (χ0v) is 9.77. The Morgan fingerprint density at radius 1 is 1.69 bits per heavy atom. The van der Waals surface area contributed by atoms with Crippen molar-refractivity contribution in [1.29, 1.82) is 0 Å². The van der Waals surface area contributed by atoms with Crippen LogP contribution in [0.15, 0.2) is 15.9 Å². The summed E-state index contributed by atoms with van der Waals surface area (Å²) in [5.41, 5.74) is 5.84. The van der Waals surface area contributed by atoms with Crippen LogP contribution in [0.2, 0.25) is 0 Å². The summed E-state index contributed by atoms with van der Waals surface area (Å²) in [6.45, 7) is 3.26. The number of nitrogens with zero attached hydrogens (tertiary/aromatic N) is 1. The Labute approximate surface area is 90.9 Å². The largest absolute Gasteiger partial charge is 0.326 e. The molecule has 1 aromatic rings. The molecular weight excluding hydrogens is 248 g/mol. The van der Waals surface area contributed by atoms with Crippen LogP contribution in [-0.2, 0) is 6.54 Å². The molecular formula is C9H13BrN2S. The van der Waals surface area contributed by atoms with Gasteiger partial charge in [-0.15, -0.1) is 11.3 Å². The lowest BCUT2D eigenvalue weighted by molar-refractivity contribution is 0.330. The third-order valence-corrected chi connectivity index (χ3v) is 3.99. The summed E-state index contributed by atoms with van der Waals surface area (Å²) in [7, 11) is 0. The maximum Gasteiger partial charge on any atom is 0.0328 e. The van der Waals surface area contributed by atoms with Gasteiger partial charge in [0.2, 0.25) is 0 Å². The predicted octanol–water partition coefficient (Wildman–Crippen LogP) is 2.04. The molecule has 2 heterocycles. The smallest absolute Gasteiger partial charge is 0.0328 e. The van der Waals surface area contributed by atoms with Crippen LogP contribution in [0.25, 0.3) is 0 Å². The van der Waals surface area contributed by atoms with Crippen molar-refractivity contribution in [2.45, 2.75) is 19.0 Å². The fourth-order valence-electron chi connectivity index (χ4n) is 1.66. The molecule has 13 heavy (non-hydrogen) atoms. The maximum atomic E-state index is 5.84. The topological polar surface area (TPSA) is 29.3 Å². The van der Waals surface area contributed by atoms with E-state index in [1.165, 1.54) is 9.35 Å². The van der Waals surface area contributed by atoms with Gasteiger partial charge >= 0.3 is 0 Å². The number of halogens is 1. The van der Waals surface area contributed by atoms with E-state index in [9.17, 15) is 0 Å². The summed E-state index contributed by atoms with van der Waals surface area (Å²) in [5.74, 6) is 0. The van der Waals surface area contributed by atoms with Crippen LogP contribution >= 0.6 is 27.3 Å². The molecule has 2 N–H and O–H groups in total. The third kappa shape index (κ3) is 2.53. The minimum absolute atomic E-state index is 0.392. The fraction of sp³-hybridized carbons (Fsp3) is 0.556. The summed E-state index contributed by atoms with van der Waals surface area (Å²) >= 11 is 5.27. The molecule has 1 aliphatic heterocycles. The number of hydrogen-bond donors (Lipinski definition) is 1. The van der Waals surface area contributed by atoms with E-state index in [0.29, 0.717) is 6.04 Å². The second kappa shape index (κ2) is 4.09. The van der Waals surface area contributed by atoms with E-state index >= 15 is 0 Å². The lowest BCUT2D eigenvalue weighted by Gasteiger charge is -2.12. The van der Waals surface area contributed by atoms with E-state index < -0.39 is 0 Å². The summed E-state index contributed by atoms with van der Waals surface area (Å²) in [6, 6.07) is 2.58. The summed E-state index contributed by atoms with van der Waals surface area (Å²) in [6.07, 6.45) is 1.15. The number of nitrogens with two attached hydrogens (primary N) is 1. The zero-order valence-electron chi connectivity index (χ0n) is 7.37. The lowest BCUT2D eigenvalue weighted by atomic mass is 10.3. The monoisotopic (exact) mass is 260 g/mol. The van der Waals surface area contributed by atoms with Gasteiger partial charge in [-0.1, -0.05) is 0 Å². The molecule has 0 radical (unpaired) electrons. The first kappa shape index (κ1) is 9.65. The van der Waals surface area contributed by atoms with Gasteiger partial charge < -0.3 is 5.73 Å². The van der Waals surface area contributed by atoms with Crippen molar-refractivity contribution in [3.05, 3.63) is 20.8 Å². The first-order valence-corrected chi connectivity index (χ1v) is 6.12. The second-order valence-electron chi connectivity index (χ2n) is 3.52. The highest BCUT2D eigenvalue weighted by Crippen LogP contribution is 2.22. The quantitative estimate of drug-likeness (QED) is 0.882. The van der Waals surface area contributed by atoms with Crippen molar-refractivity contribution >= 4 is 27.3 Å². The van der Waals surface area contributed by atoms with E-state index in [1.54, 1.807) is 0 Å². The summed E-state index contributed by atoms with van der Waals surface area (Å²) in [4.78, 5) is 3.84. The molecule has 2 rings (SSSR count). The van der Waals surface area contributed by atoms with Crippen molar-refractivity contribution in [2.24, 2.45) is 5.73 Å². The molecule has 0 bridgehead atoms. The number of hydrogen-bond acceptors (Lipinski definition) is 3. The molecule has 2 nitrogen and oxygen atoms in total. The molecule has 4 heteroatoms. The average Bonchev–Trinajstić information content (AvgIpc) is 2.62. The van der Waals surface area contributed by atoms with E-state index in [0.717, 1.165) is 26.1 Å². The van der Waals surface area contributed by atoms with Crippen molar-refractivity contribution in [3.63, 3.8) is 0 Å². The van der Waals surface area contributed by atoms with Gasteiger partial charge in [-0.3, -0.25) is 4.90 Å². The number of likely N-dealkylation sites (tertiary alicyclic amines) is 1. The molecule has 0 saturated carbocycles. The van der Waals surface area contributed by atoms with Gasteiger partial charge in [0.25, 0.3) is 0 Å². The maximum absolute atomic E-state index is 5.84. The Bertz CT molecular complexity index is 287. The van der Waals surface area contributed by atoms with Crippen molar-refractivity contribution in [1.82, 2.24) is 4.90 Å². The predicted molar refractivity (Wildman–Crippen MR) is 59.9 cm³/mol. The van der Waals surface area contributed by atoms with Crippen LogP contribution in [-0.4, -0.2) is 24.0 Å². The summed E-state index contributed by atoms with van der Waals surface area (Å²) in [5, 5.41) is 2.13. The lowest BCUT2D eigenvalue weighted by Crippen LogP contribution is -2.25. The Kier molecular flexibility index (Phi) is 3.03. The van der Waals surface area contributed by atoms with Gasteiger partial charge in [-0.05, 0) is 28.4 Å². The molecule has 0 aliphatic carbocycles. The van der Waals surface area contributed by atoms with Gasteiger partial charge in [0, 0.05) is 40.4 Å². The van der Waals surface area contributed by atoms with E-state index in [-0.39, 0.29) is 0 Å². The Balaban J connectivity index is 1.91. The van der Waals surface area contributed by atoms with Crippen LogP contribution in [0, 0.1) is 0 Å². The molecule has 1 aliphatic rings. The highest BCUT2D eigenvalue weighted by Gasteiger charge is 2.19. The van der Waals surface area contributed by atoms with Gasteiger partial charge in [0.15, 0.2) is 0 Å². The zero-order chi connectivity index (χ0) is 9.26. The van der Waals surface area contributed by atoms with Gasteiger partial charge in [-0.25, -0.2) is 0 Å². The van der Waals surface area contributed by atoms with Crippen LogP contribution in [0.5, 0.6) is 0 Å². The average molecular weight is 261 g/mol. The summed E-state index contributed by atoms with van der Waals surface area (Å²) < 4.78 is 1.19. The molecule has 0 aromatic carbocycles. The van der Waals surface area contributed by atoms with E-state index in [4.69, 9.17) is 5.73 Å². The van der Waals surface area contributed by atoms with Gasteiger partial charge in [0.1, 0.15) is 0 Å². The molecule has 1 fully saturated rings. The van der Waals surface area contributed by atoms with E-state index in [1.807, 2.05) is 11.3 Å². The highest BCUT2D eigenvalue weighted by atomic mass is 79.9. The van der Waals surface area contributed by atoms with Crippen LogP contribution < -0.4 is 5.73 Å². The molecule has 0 unspecified atom stereocenters. The van der Waals surface area contributed by atoms with Crippen LogP contribution in [0.3, 0.4) is 0 Å². The highest BCUT2D eigenvalue weighted by molar-refractivity contribution is 9.10. The molecule has 0 amide bonds. The Hall–Kier alpha value is 0.1000. The number of rotatable bonds is 2. The van der Waals surface area contributed by atoms with Crippen molar-refractivity contribution < 1.29 is 0 Å². The Morgan fingerprint density at radius 3 is 3.08 bits per heavy atom. The van der Waals surface area contributed by atoms with Crippen LogP contribution in [0.1, 0.15) is 11.3 Å². The number of thiophene rings is 1. The minimum Gasteiger partial charge on any atom is -0.326 e.